The zero-order valence-corrected chi connectivity index (χ0v) is 18.3. The molecule has 4 rings (SSSR count). The Hall–Kier alpha value is -4.14. The van der Waals surface area contributed by atoms with Crippen LogP contribution in [-0.2, 0) is 4.79 Å². The topological polar surface area (TPSA) is 116 Å². The average molecular weight is 453 g/mol. The van der Waals surface area contributed by atoms with Crippen LogP contribution in [-0.4, -0.2) is 32.0 Å². The fourth-order valence-electron chi connectivity index (χ4n) is 3.76. The second-order valence-electron chi connectivity index (χ2n) is 7.44. The molecule has 0 fully saturated rings. The van der Waals surface area contributed by atoms with Crippen molar-refractivity contribution in [1.82, 2.24) is 0 Å². The Labute approximate surface area is 189 Å². The van der Waals surface area contributed by atoms with E-state index in [-0.39, 0.29) is 36.2 Å². The van der Waals surface area contributed by atoms with E-state index in [9.17, 15) is 14.7 Å². The van der Waals surface area contributed by atoms with Gasteiger partial charge in [0.25, 0.3) is 0 Å². The van der Waals surface area contributed by atoms with Gasteiger partial charge in [-0.15, -0.1) is 0 Å². The van der Waals surface area contributed by atoms with Gasteiger partial charge in [-0.2, -0.15) is 0 Å². The van der Waals surface area contributed by atoms with Crippen molar-refractivity contribution in [2.45, 2.75) is 19.3 Å². The molecule has 1 aliphatic heterocycles. The van der Waals surface area contributed by atoms with Gasteiger partial charge < -0.3 is 33.8 Å². The molecule has 0 unspecified atom stereocenters. The normalized spacial score (nSPS) is 12.8. The maximum atomic E-state index is 13.0. The number of nitrogens with one attached hydrogen (secondary N) is 1. The minimum atomic E-state index is -0.851. The summed E-state index contributed by atoms with van der Waals surface area (Å²) in [6.45, 7) is 1.58. The highest BCUT2D eigenvalue weighted by Gasteiger charge is 2.29. The van der Waals surface area contributed by atoms with E-state index in [2.05, 4.69) is 5.32 Å². The van der Waals surface area contributed by atoms with Crippen LogP contribution in [0.2, 0.25) is 0 Å². The van der Waals surface area contributed by atoms with E-state index in [1.807, 2.05) is 0 Å². The summed E-state index contributed by atoms with van der Waals surface area (Å²) in [5, 5.41) is 13.4. The number of benzene rings is 2. The molecular formula is C24H23NO8. The third kappa shape index (κ3) is 4.57. The standard InChI is InChI=1S/C24H23NO8/c1-13-7-18(26)22(24(28)33-13)17(11-21(27)25-15-5-4-6-16(10-15)29-2)14-8-19(30-3)23-20(9-14)31-12-32-23/h4-10,17,26H,11-12H2,1-3H3,(H,25,27)/t17-/m0/s1. The van der Waals surface area contributed by atoms with Crippen molar-refractivity contribution in [3.05, 3.63) is 69.8 Å². The molecule has 3 aromatic rings. The summed E-state index contributed by atoms with van der Waals surface area (Å²) in [6, 6.07) is 11.5. The van der Waals surface area contributed by atoms with Crippen molar-refractivity contribution < 1.29 is 33.3 Å². The van der Waals surface area contributed by atoms with E-state index in [4.69, 9.17) is 23.4 Å². The van der Waals surface area contributed by atoms with Gasteiger partial charge in [-0.3, -0.25) is 4.79 Å². The number of amides is 1. The zero-order chi connectivity index (χ0) is 23.5. The lowest BCUT2D eigenvalue weighted by Crippen LogP contribution is -2.21. The summed E-state index contributed by atoms with van der Waals surface area (Å²) in [4.78, 5) is 25.7. The van der Waals surface area contributed by atoms with Crippen molar-refractivity contribution >= 4 is 11.6 Å². The average Bonchev–Trinajstić information content (AvgIpc) is 3.26. The van der Waals surface area contributed by atoms with Gasteiger partial charge in [0.15, 0.2) is 11.5 Å². The number of hydrogen-bond donors (Lipinski definition) is 2. The predicted octanol–water partition coefficient (Wildman–Crippen LogP) is 3.56. The smallest absolute Gasteiger partial charge is 0.343 e. The molecule has 1 atom stereocenters. The predicted molar refractivity (Wildman–Crippen MR) is 119 cm³/mol. The molecule has 1 amide bonds. The highest BCUT2D eigenvalue weighted by atomic mass is 16.7. The second-order valence-corrected chi connectivity index (χ2v) is 7.44. The third-order valence-corrected chi connectivity index (χ3v) is 5.26. The van der Waals surface area contributed by atoms with E-state index < -0.39 is 11.5 Å². The number of aryl methyl sites for hydroxylation is 1. The fourth-order valence-corrected chi connectivity index (χ4v) is 3.76. The minimum absolute atomic E-state index is 0.0219. The number of hydrogen-bond acceptors (Lipinski definition) is 8. The molecule has 0 spiro atoms. The first-order valence-corrected chi connectivity index (χ1v) is 10.1. The summed E-state index contributed by atoms with van der Waals surface area (Å²) in [5.41, 5.74) is 0.274. The van der Waals surface area contributed by atoms with Crippen LogP contribution in [0.1, 0.15) is 29.2 Å². The molecule has 33 heavy (non-hydrogen) atoms. The Balaban J connectivity index is 1.74. The van der Waals surface area contributed by atoms with Gasteiger partial charge in [0, 0.05) is 30.2 Å². The Morgan fingerprint density at radius 1 is 1.15 bits per heavy atom. The molecule has 0 saturated heterocycles. The lowest BCUT2D eigenvalue weighted by atomic mass is 9.88. The summed E-state index contributed by atoms with van der Waals surface area (Å²) in [7, 11) is 3.01. The quantitative estimate of drug-likeness (QED) is 0.558. The Morgan fingerprint density at radius 2 is 1.97 bits per heavy atom. The van der Waals surface area contributed by atoms with Crippen LogP contribution in [0.3, 0.4) is 0 Å². The largest absolute Gasteiger partial charge is 0.507 e. The molecular weight excluding hydrogens is 430 g/mol. The second kappa shape index (κ2) is 9.15. The molecule has 2 heterocycles. The first-order chi connectivity index (χ1) is 15.9. The van der Waals surface area contributed by atoms with Gasteiger partial charge in [0.05, 0.1) is 19.8 Å². The van der Waals surface area contributed by atoms with Gasteiger partial charge in [0.1, 0.15) is 17.3 Å². The Bertz CT molecular complexity index is 1250. The van der Waals surface area contributed by atoms with Gasteiger partial charge >= 0.3 is 5.63 Å². The van der Waals surface area contributed by atoms with Crippen molar-refractivity contribution in [2.24, 2.45) is 0 Å². The molecule has 1 aliphatic rings. The van der Waals surface area contributed by atoms with Crippen molar-refractivity contribution in [3.8, 4) is 28.7 Å². The number of methoxy groups -OCH3 is 2. The monoisotopic (exact) mass is 453 g/mol. The minimum Gasteiger partial charge on any atom is -0.507 e. The molecule has 0 aliphatic carbocycles. The Morgan fingerprint density at radius 3 is 2.70 bits per heavy atom. The van der Waals surface area contributed by atoms with Crippen LogP contribution in [0.4, 0.5) is 5.69 Å². The summed E-state index contributed by atoms with van der Waals surface area (Å²) in [6.07, 6.45) is -0.165. The van der Waals surface area contributed by atoms with Gasteiger partial charge in [0.2, 0.25) is 18.4 Å². The van der Waals surface area contributed by atoms with Crippen molar-refractivity contribution in [1.29, 1.82) is 0 Å². The number of aromatic hydroxyl groups is 1. The maximum absolute atomic E-state index is 13.0. The van der Waals surface area contributed by atoms with Gasteiger partial charge in [-0.05, 0) is 36.8 Å². The van der Waals surface area contributed by atoms with Crippen LogP contribution in [0.25, 0.3) is 0 Å². The van der Waals surface area contributed by atoms with E-state index in [1.165, 1.54) is 20.3 Å². The van der Waals surface area contributed by atoms with E-state index >= 15 is 0 Å². The first-order valence-electron chi connectivity index (χ1n) is 10.1. The summed E-state index contributed by atoms with van der Waals surface area (Å²) in [5.74, 6) is 0.569. The highest BCUT2D eigenvalue weighted by molar-refractivity contribution is 5.91. The molecule has 0 bridgehead atoms. The van der Waals surface area contributed by atoms with Crippen molar-refractivity contribution in [3.63, 3.8) is 0 Å². The molecule has 0 saturated carbocycles. The number of rotatable bonds is 7. The number of carbonyl (C=O) groups excluding carboxylic acids is 1. The summed E-state index contributed by atoms with van der Waals surface area (Å²) < 4.78 is 26.7. The lowest BCUT2D eigenvalue weighted by Gasteiger charge is -2.19. The van der Waals surface area contributed by atoms with Crippen LogP contribution >= 0.6 is 0 Å². The van der Waals surface area contributed by atoms with E-state index in [0.29, 0.717) is 34.2 Å². The van der Waals surface area contributed by atoms with Crippen LogP contribution in [0, 0.1) is 6.92 Å². The highest BCUT2D eigenvalue weighted by Crippen LogP contribution is 2.45. The van der Waals surface area contributed by atoms with Crippen LogP contribution in [0.15, 0.2) is 51.7 Å². The molecule has 0 radical (unpaired) electrons. The van der Waals surface area contributed by atoms with Gasteiger partial charge in [-0.1, -0.05) is 6.07 Å². The SMILES string of the molecule is COc1cccc(NC(=O)C[C@@H](c2cc(OC)c3c(c2)OCO3)c2c(O)cc(C)oc2=O)c1. The van der Waals surface area contributed by atoms with Gasteiger partial charge in [-0.25, -0.2) is 4.79 Å². The lowest BCUT2D eigenvalue weighted by molar-refractivity contribution is -0.116. The summed E-state index contributed by atoms with van der Waals surface area (Å²) >= 11 is 0. The zero-order valence-electron chi connectivity index (χ0n) is 18.3. The molecule has 2 aromatic carbocycles. The molecule has 2 N–H and O–H groups in total. The Kier molecular flexibility index (Phi) is 6.12. The number of fused-ring (bicyclic) bond motifs is 1. The fraction of sp³-hybridized carbons (Fsp3) is 0.250. The van der Waals surface area contributed by atoms with Crippen molar-refractivity contribution in [2.75, 3.05) is 26.3 Å². The van der Waals surface area contributed by atoms with Crippen LogP contribution < -0.4 is 29.9 Å². The molecule has 9 nitrogen and oxygen atoms in total. The number of anilines is 1. The molecule has 172 valence electrons. The third-order valence-electron chi connectivity index (χ3n) is 5.26. The van der Waals surface area contributed by atoms with Crippen LogP contribution in [0.5, 0.6) is 28.7 Å². The maximum Gasteiger partial charge on any atom is 0.343 e. The van der Waals surface area contributed by atoms with E-state index in [0.717, 1.165) is 0 Å². The molecule has 1 aromatic heterocycles. The first kappa shape index (κ1) is 22.1. The number of carbonyl (C=O) groups is 1. The van der Waals surface area contributed by atoms with E-state index in [1.54, 1.807) is 43.3 Å². The number of ether oxygens (including phenoxy) is 4. The molecule has 9 heteroatoms.